The van der Waals surface area contributed by atoms with Crippen LogP contribution in [-0.4, -0.2) is 16.3 Å². The molecule has 0 aliphatic carbocycles. The largest absolute Gasteiger partial charge is 0.508 e. The molecule has 1 fully saturated rings. The summed E-state index contributed by atoms with van der Waals surface area (Å²) in [6.07, 6.45) is 1.53. The number of rotatable bonds is 2. The van der Waals surface area contributed by atoms with Gasteiger partial charge >= 0.3 is 0 Å². The van der Waals surface area contributed by atoms with Gasteiger partial charge < -0.3 is 5.11 Å². The van der Waals surface area contributed by atoms with Crippen LogP contribution in [-0.2, 0) is 4.79 Å². The van der Waals surface area contributed by atoms with Crippen LogP contribution >= 0.6 is 11.8 Å². The van der Waals surface area contributed by atoms with E-state index in [1.807, 2.05) is 0 Å². The van der Waals surface area contributed by atoms with Crippen molar-refractivity contribution in [2.75, 3.05) is 4.90 Å². The molecule has 1 N–H and O–H groups in total. The van der Waals surface area contributed by atoms with E-state index in [0.29, 0.717) is 11.3 Å². The molecule has 22 heavy (non-hydrogen) atoms. The maximum absolute atomic E-state index is 12.9. The molecule has 0 radical (unpaired) electrons. The average molecular weight is 315 g/mol. The molecule has 2 aromatic rings. The molecular formula is C16H10FNO3S. The predicted molar refractivity (Wildman–Crippen MR) is 83.0 cm³/mol. The van der Waals surface area contributed by atoms with E-state index in [9.17, 15) is 19.1 Å². The number of hydrogen-bond acceptors (Lipinski definition) is 4. The molecular weight excluding hydrogens is 305 g/mol. The Morgan fingerprint density at radius 1 is 1.09 bits per heavy atom. The Balaban J connectivity index is 1.93. The highest BCUT2D eigenvalue weighted by Crippen LogP contribution is 2.36. The number of halogens is 1. The lowest BCUT2D eigenvalue weighted by Gasteiger charge is -2.12. The average Bonchev–Trinajstić information content (AvgIpc) is 2.76. The first-order valence-corrected chi connectivity index (χ1v) is 7.19. The van der Waals surface area contributed by atoms with E-state index < -0.39 is 11.1 Å². The highest BCUT2D eigenvalue weighted by atomic mass is 32.2. The molecule has 3 rings (SSSR count). The number of benzene rings is 2. The minimum atomic E-state index is -0.468. The van der Waals surface area contributed by atoms with Crippen molar-refractivity contribution in [3.05, 3.63) is 64.8 Å². The van der Waals surface area contributed by atoms with Gasteiger partial charge in [0.2, 0.25) is 0 Å². The van der Waals surface area contributed by atoms with Crippen molar-refractivity contribution >= 4 is 34.7 Å². The first-order valence-electron chi connectivity index (χ1n) is 6.37. The highest BCUT2D eigenvalue weighted by molar-refractivity contribution is 8.19. The molecule has 1 aliphatic heterocycles. The summed E-state index contributed by atoms with van der Waals surface area (Å²) in [4.78, 5) is 25.6. The van der Waals surface area contributed by atoms with E-state index >= 15 is 0 Å². The second-order valence-electron chi connectivity index (χ2n) is 4.59. The van der Waals surface area contributed by atoms with Crippen LogP contribution in [0.3, 0.4) is 0 Å². The van der Waals surface area contributed by atoms with Crippen molar-refractivity contribution in [1.29, 1.82) is 0 Å². The first-order chi connectivity index (χ1) is 10.5. The maximum Gasteiger partial charge on any atom is 0.298 e. The predicted octanol–water partition coefficient (Wildman–Crippen LogP) is 3.77. The fourth-order valence-electron chi connectivity index (χ4n) is 2.03. The molecule has 0 aromatic heterocycles. The topological polar surface area (TPSA) is 57.6 Å². The number of phenolic OH excluding ortho intramolecular Hbond substituents is 1. The summed E-state index contributed by atoms with van der Waals surface area (Å²) in [5, 5.41) is 9.03. The van der Waals surface area contributed by atoms with E-state index in [1.54, 1.807) is 12.1 Å². The summed E-state index contributed by atoms with van der Waals surface area (Å²) in [7, 11) is 0. The minimum Gasteiger partial charge on any atom is -0.508 e. The fraction of sp³-hybridized carbons (Fsp3) is 0. The molecule has 0 bridgehead atoms. The van der Waals surface area contributed by atoms with Crippen molar-refractivity contribution < 1.29 is 19.1 Å². The van der Waals surface area contributed by atoms with Crippen LogP contribution in [0.2, 0.25) is 0 Å². The van der Waals surface area contributed by atoms with Gasteiger partial charge in [-0.05, 0) is 47.7 Å². The van der Waals surface area contributed by atoms with Gasteiger partial charge in [-0.3, -0.25) is 9.59 Å². The lowest BCUT2D eigenvalue weighted by Crippen LogP contribution is -2.27. The van der Waals surface area contributed by atoms with Crippen molar-refractivity contribution in [2.24, 2.45) is 0 Å². The number of imide groups is 1. The van der Waals surface area contributed by atoms with Gasteiger partial charge in [-0.25, -0.2) is 9.29 Å². The lowest BCUT2D eigenvalue weighted by atomic mass is 10.2. The van der Waals surface area contributed by atoms with Crippen LogP contribution in [0.5, 0.6) is 5.75 Å². The second-order valence-corrected chi connectivity index (χ2v) is 5.58. The Hall–Kier alpha value is -2.60. The quantitative estimate of drug-likeness (QED) is 0.857. The number of anilines is 1. The zero-order valence-corrected chi connectivity index (χ0v) is 12.0. The number of nitrogens with zero attached hydrogens (tertiary/aromatic N) is 1. The monoisotopic (exact) mass is 315 g/mol. The van der Waals surface area contributed by atoms with Gasteiger partial charge in [-0.1, -0.05) is 18.2 Å². The molecule has 1 heterocycles. The Labute approximate surface area is 129 Å². The Morgan fingerprint density at radius 3 is 2.50 bits per heavy atom. The molecule has 6 heteroatoms. The number of carbonyl (C=O) groups excluding carboxylic acids is 2. The molecule has 0 atom stereocenters. The van der Waals surface area contributed by atoms with Crippen LogP contribution in [0.25, 0.3) is 6.08 Å². The molecule has 110 valence electrons. The van der Waals surface area contributed by atoms with Crippen molar-refractivity contribution in [1.82, 2.24) is 0 Å². The van der Waals surface area contributed by atoms with Gasteiger partial charge in [0.25, 0.3) is 11.1 Å². The van der Waals surface area contributed by atoms with E-state index in [-0.39, 0.29) is 16.5 Å². The Kier molecular flexibility index (Phi) is 3.68. The number of phenols is 1. The standard InChI is InChI=1S/C16H10FNO3S/c17-11-6-4-10(5-7-11)8-14-15(20)18(16(21)22-14)12-2-1-3-13(19)9-12/h1-9,19H. The van der Waals surface area contributed by atoms with Gasteiger partial charge in [0, 0.05) is 6.07 Å². The van der Waals surface area contributed by atoms with E-state index in [1.165, 1.54) is 42.5 Å². The summed E-state index contributed by atoms with van der Waals surface area (Å²) in [6.45, 7) is 0. The number of amides is 2. The molecule has 1 aliphatic rings. The van der Waals surface area contributed by atoms with Crippen LogP contribution in [0.15, 0.2) is 53.4 Å². The molecule has 0 saturated carbocycles. The zero-order valence-electron chi connectivity index (χ0n) is 11.2. The fourth-order valence-corrected chi connectivity index (χ4v) is 2.87. The van der Waals surface area contributed by atoms with Crippen LogP contribution in [0.4, 0.5) is 14.9 Å². The number of aromatic hydroxyl groups is 1. The van der Waals surface area contributed by atoms with E-state index in [4.69, 9.17) is 0 Å². The van der Waals surface area contributed by atoms with Crippen molar-refractivity contribution in [3.63, 3.8) is 0 Å². The third-order valence-electron chi connectivity index (χ3n) is 3.05. The summed E-state index contributed by atoms with van der Waals surface area (Å²) >= 11 is 0.805. The van der Waals surface area contributed by atoms with E-state index in [2.05, 4.69) is 0 Å². The number of carbonyl (C=O) groups is 2. The van der Waals surface area contributed by atoms with Crippen molar-refractivity contribution in [2.45, 2.75) is 0 Å². The van der Waals surface area contributed by atoms with Crippen LogP contribution in [0.1, 0.15) is 5.56 Å². The number of hydrogen-bond donors (Lipinski definition) is 1. The lowest BCUT2D eigenvalue weighted by molar-refractivity contribution is -0.113. The van der Waals surface area contributed by atoms with E-state index in [0.717, 1.165) is 16.7 Å². The molecule has 0 unspecified atom stereocenters. The van der Waals surface area contributed by atoms with Gasteiger partial charge in [-0.15, -0.1) is 0 Å². The minimum absolute atomic E-state index is 0.0286. The highest BCUT2D eigenvalue weighted by Gasteiger charge is 2.36. The van der Waals surface area contributed by atoms with Crippen LogP contribution in [0, 0.1) is 5.82 Å². The summed E-state index contributed by atoms with van der Waals surface area (Å²) in [5.41, 5.74) is 0.938. The molecule has 2 amide bonds. The molecule has 4 nitrogen and oxygen atoms in total. The molecule has 0 spiro atoms. The maximum atomic E-state index is 12.9. The summed E-state index contributed by atoms with van der Waals surface area (Å²) in [5.74, 6) is -0.867. The van der Waals surface area contributed by atoms with Gasteiger partial charge in [0.05, 0.1) is 10.6 Å². The third-order valence-corrected chi connectivity index (χ3v) is 3.92. The molecule has 1 saturated heterocycles. The smallest absolute Gasteiger partial charge is 0.298 e. The SMILES string of the molecule is O=C1SC(=Cc2ccc(F)cc2)C(=O)N1c1cccc(O)c1. The summed E-state index contributed by atoms with van der Waals surface area (Å²) in [6, 6.07) is 11.5. The van der Waals surface area contributed by atoms with Gasteiger partial charge in [-0.2, -0.15) is 0 Å². The summed E-state index contributed by atoms with van der Waals surface area (Å²) < 4.78 is 12.9. The van der Waals surface area contributed by atoms with Crippen LogP contribution < -0.4 is 4.90 Å². The number of thioether (sulfide) groups is 1. The first kappa shape index (κ1) is 14.3. The normalized spacial score (nSPS) is 16.6. The zero-order chi connectivity index (χ0) is 15.7. The Bertz CT molecular complexity index is 786. The Morgan fingerprint density at radius 2 is 1.82 bits per heavy atom. The van der Waals surface area contributed by atoms with Gasteiger partial charge in [0.1, 0.15) is 11.6 Å². The third kappa shape index (κ3) is 2.73. The molecule has 2 aromatic carbocycles. The van der Waals surface area contributed by atoms with Gasteiger partial charge in [0.15, 0.2) is 0 Å². The second kappa shape index (κ2) is 5.65. The van der Waals surface area contributed by atoms with Crippen molar-refractivity contribution in [3.8, 4) is 5.75 Å².